The third-order valence-electron chi connectivity index (χ3n) is 4.77. The van der Waals surface area contributed by atoms with Crippen LogP contribution in [0.25, 0.3) is 0 Å². The van der Waals surface area contributed by atoms with Crippen LogP contribution in [0.15, 0.2) is 35.4 Å². The molecule has 2 aromatic rings. The fraction of sp³-hybridized carbons (Fsp3) is 0.400. The van der Waals surface area contributed by atoms with Crippen molar-refractivity contribution >= 4 is 46.7 Å². The Bertz CT molecular complexity index is 855. The van der Waals surface area contributed by atoms with E-state index in [1.165, 1.54) is 11.8 Å². The van der Waals surface area contributed by atoms with E-state index >= 15 is 0 Å². The SMILES string of the molecule is CSc1cc(Cl)cc(COc2ccc(NC(=O)N3C(C)CCC3C)cc2Cl)n1. The quantitative estimate of drug-likeness (QED) is 0.572. The van der Waals surface area contributed by atoms with Crippen LogP contribution in [-0.2, 0) is 6.61 Å². The van der Waals surface area contributed by atoms with Crippen molar-refractivity contribution in [3.8, 4) is 5.75 Å². The number of nitrogens with zero attached hydrogens (tertiary/aromatic N) is 2. The van der Waals surface area contributed by atoms with E-state index in [9.17, 15) is 4.79 Å². The number of nitrogens with one attached hydrogen (secondary N) is 1. The van der Waals surface area contributed by atoms with Crippen LogP contribution in [0.5, 0.6) is 5.75 Å². The molecule has 8 heteroatoms. The van der Waals surface area contributed by atoms with Gasteiger partial charge in [-0.25, -0.2) is 9.78 Å². The van der Waals surface area contributed by atoms with Gasteiger partial charge in [-0.15, -0.1) is 11.8 Å². The summed E-state index contributed by atoms with van der Waals surface area (Å²) in [6.07, 6.45) is 3.99. The number of amides is 2. The Morgan fingerprint density at radius 1 is 1.25 bits per heavy atom. The predicted molar refractivity (Wildman–Crippen MR) is 116 cm³/mol. The standard InChI is InChI=1S/C20H23Cl2N3O2S/c1-12-4-5-13(2)25(12)20(26)24-15-6-7-18(17(22)10-15)27-11-16-8-14(21)9-19(23-16)28-3/h6-10,12-13H,4-5,11H2,1-3H3,(H,24,26). The Morgan fingerprint density at radius 2 is 1.96 bits per heavy atom. The smallest absolute Gasteiger partial charge is 0.322 e. The van der Waals surface area contributed by atoms with Crippen LogP contribution in [0.4, 0.5) is 10.5 Å². The molecule has 1 aromatic carbocycles. The van der Waals surface area contributed by atoms with Crippen molar-refractivity contribution in [2.45, 2.75) is 50.4 Å². The van der Waals surface area contributed by atoms with Crippen LogP contribution in [0.2, 0.25) is 10.0 Å². The summed E-state index contributed by atoms with van der Waals surface area (Å²) in [4.78, 5) is 18.9. The van der Waals surface area contributed by atoms with Gasteiger partial charge in [0.25, 0.3) is 0 Å². The molecule has 1 aliphatic heterocycles. The highest BCUT2D eigenvalue weighted by Crippen LogP contribution is 2.30. The number of aromatic nitrogens is 1. The second-order valence-electron chi connectivity index (χ2n) is 6.87. The van der Waals surface area contributed by atoms with Gasteiger partial charge in [-0.05, 0) is 63.3 Å². The Labute approximate surface area is 179 Å². The molecule has 0 bridgehead atoms. The lowest BCUT2D eigenvalue weighted by molar-refractivity contribution is 0.194. The topological polar surface area (TPSA) is 54.5 Å². The van der Waals surface area contributed by atoms with Gasteiger partial charge in [-0.1, -0.05) is 23.2 Å². The maximum atomic E-state index is 12.6. The lowest BCUT2D eigenvalue weighted by atomic mass is 10.2. The van der Waals surface area contributed by atoms with E-state index in [0.717, 1.165) is 23.6 Å². The number of hydrogen-bond donors (Lipinski definition) is 1. The van der Waals surface area contributed by atoms with Crippen molar-refractivity contribution in [2.24, 2.45) is 0 Å². The number of anilines is 1. The average molecular weight is 440 g/mol. The maximum Gasteiger partial charge on any atom is 0.322 e. The number of carbonyl (C=O) groups is 1. The largest absolute Gasteiger partial charge is 0.486 e. The van der Waals surface area contributed by atoms with E-state index in [1.54, 1.807) is 24.3 Å². The summed E-state index contributed by atoms with van der Waals surface area (Å²) in [5, 5.41) is 4.80. The highest BCUT2D eigenvalue weighted by Gasteiger charge is 2.31. The normalized spacial score (nSPS) is 19.0. The summed E-state index contributed by atoms with van der Waals surface area (Å²) in [6.45, 7) is 4.39. The van der Waals surface area contributed by atoms with E-state index < -0.39 is 0 Å². The molecule has 1 saturated heterocycles. The molecule has 5 nitrogen and oxygen atoms in total. The average Bonchev–Trinajstić information content (AvgIpc) is 2.99. The predicted octanol–water partition coefficient (Wildman–Crippen LogP) is 6.09. The zero-order chi connectivity index (χ0) is 20.3. The number of rotatable bonds is 5. The number of carbonyl (C=O) groups excluding carboxylic acids is 1. The summed E-state index contributed by atoms with van der Waals surface area (Å²) in [5.41, 5.74) is 1.36. The summed E-state index contributed by atoms with van der Waals surface area (Å²) in [5.74, 6) is 0.523. The van der Waals surface area contributed by atoms with Gasteiger partial charge >= 0.3 is 6.03 Å². The highest BCUT2D eigenvalue weighted by atomic mass is 35.5. The minimum Gasteiger partial charge on any atom is -0.486 e. The van der Waals surface area contributed by atoms with Crippen molar-refractivity contribution in [1.82, 2.24) is 9.88 Å². The van der Waals surface area contributed by atoms with Gasteiger partial charge in [0.05, 0.1) is 15.7 Å². The van der Waals surface area contributed by atoms with E-state index in [2.05, 4.69) is 24.1 Å². The summed E-state index contributed by atoms with van der Waals surface area (Å²) in [6, 6.07) is 9.17. The first-order valence-corrected chi connectivity index (χ1v) is 11.1. The van der Waals surface area contributed by atoms with Crippen LogP contribution >= 0.6 is 35.0 Å². The number of benzene rings is 1. The zero-order valence-electron chi connectivity index (χ0n) is 16.0. The number of ether oxygens (including phenoxy) is 1. The number of halogens is 2. The molecule has 2 unspecified atom stereocenters. The molecule has 1 aliphatic rings. The van der Waals surface area contributed by atoms with Gasteiger partial charge in [-0.2, -0.15) is 0 Å². The molecule has 2 amide bonds. The molecule has 1 aromatic heterocycles. The minimum absolute atomic E-state index is 0.102. The lowest BCUT2D eigenvalue weighted by Crippen LogP contribution is -2.41. The molecule has 28 heavy (non-hydrogen) atoms. The summed E-state index contributed by atoms with van der Waals surface area (Å²) in [7, 11) is 0. The van der Waals surface area contributed by atoms with Crippen LogP contribution < -0.4 is 10.1 Å². The monoisotopic (exact) mass is 439 g/mol. The minimum atomic E-state index is -0.102. The van der Waals surface area contributed by atoms with Crippen LogP contribution in [0, 0.1) is 0 Å². The van der Waals surface area contributed by atoms with Crippen molar-refractivity contribution in [1.29, 1.82) is 0 Å². The van der Waals surface area contributed by atoms with Gasteiger partial charge in [0.1, 0.15) is 12.4 Å². The van der Waals surface area contributed by atoms with E-state index in [0.29, 0.717) is 21.5 Å². The molecule has 2 heterocycles. The second-order valence-corrected chi connectivity index (χ2v) is 8.54. The maximum absolute atomic E-state index is 12.6. The molecule has 0 aliphatic carbocycles. The van der Waals surface area contributed by atoms with Crippen LogP contribution in [0.1, 0.15) is 32.4 Å². The van der Waals surface area contributed by atoms with Crippen molar-refractivity contribution in [2.75, 3.05) is 11.6 Å². The molecule has 1 N–H and O–H groups in total. The molecule has 1 fully saturated rings. The van der Waals surface area contributed by atoms with Crippen LogP contribution in [-0.4, -0.2) is 34.3 Å². The van der Waals surface area contributed by atoms with E-state index in [1.807, 2.05) is 17.2 Å². The van der Waals surface area contributed by atoms with Gasteiger partial charge < -0.3 is 15.0 Å². The highest BCUT2D eigenvalue weighted by molar-refractivity contribution is 7.98. The summed E-state index contributed by atoms with van der Waals surface area (Å²) < 4.78 is 5.79. The number of hydrogen-bond acceptors (Lipinski definition) is 4. The molecule has 0 spiro atoms. The molecule has 3 rings (SSSR count). The fourth-order valence-corrected chi connectivity index (χ4v) is 4.32. The molecule has 2 atom stereocenters. The first-order chi connectivity index (χ1) is 13.4. The first kappa shape index (κ1) is 21.1. The van der Waals surface area contributed by atoms with Gasteiger partial charge in [-0.3, -0.25) is 0 Å². The number of thioether (sulfide) groups is 1. The Balaban J connectivity index is 1.64. The molecule has 0 saturated carbocycles. The molecular formula is C20H23Cl2N3O2S. The second kappa shape index (κ2) is 9.25. The number of pyridine rings is 1. The Hall–Kier alpha value is -1.63. The Morgan fingerprint density at radius 3 is 2.61 bits per heavy atom. The van der Waals surface area contributed by atoms with Gasteiger partial charge in [0.15, 0.2) is 0 Å². The van der Waals surface area contributed by atoms with Crippen LogP contribution in [0.3, 0.4) is 0 Å². The molecule has 0 radical (unpaired) electrons. The third-order valence-corrected chi connectivity index (χ3v) is 5.91. The lowest BCUT2D eigenvalue weighted by Gasteiger charge is -2.26. The number of urea groups is 1. The molecule has 150 valence electrons. The van der Waals surface area contributed by atoms with E-state index in [-0.39, 0.29) is 24.7 Å². The van der Waals surface area contributed by atoms with Gasteiger partial charge in [0, 0.05) is 22.8 Å². The Kier molecular flexibility index (Phi) is 6.96. The molecular weight excluding hydrogens is 417 g/mol. The van der Waals surface area contributed by atoms with Gasteiger partial charge in [0.2, 0.25) is 0 Å². The van der Waals surface area contributed by atoms with E-state index in [4.69, 9.17) is 27.9 Å². The fourth-order valence-electron chi connectivity index (χ4n) is 3.33. The number of likely N-dealkylation sites (tertiary alicyclic amines) is 1. The third kappa shape index (κ3) is 5.04. The summed E-state index contributed by atoms with van der Waals surface area (Å²) >= 11 is 14.0. The van der Waals surface area contributed by atoms with Crippen molar-refractivity contribution in [3.63, 3.8) is 0 Å². The first-order valence-electron chi connectivity index (χ1n) is 9.09. The zero-order valence-corrected chi connectivity index (χ0v) is 18.4. The van der Waals surface area contributed by atoms with Crippen molar-refractivity contribution in [3.05, 3.63) is 46.1 Å². The van der Waals surface area contributed by atoms with Crippen molar-refractivity contribution < 1.29 is 9.53 Å².